The van der Waals surface area contributed by atoms with E-state index in [4.69, 9.17) is 9.72 Å². The summed E-state index contributed by atoms with van der Waals surface area (Å²) in [5.74, 6) is 0.825. The molecule has 3 aromatic rings. The normalized spacial score (nSPS) is 10.9. The van der Waals surface area contributed by atoms with Crippen LogP contribution in [0.5, 0.6) is 0 Å². The van der Waals surface area contributed by atoms with Crippen molar-refractivity contribution >= 4 is 16.9 Å². The van der Waals surface area contributed by atoms with Gasteiger partial charge in [-0.2, -0.15) is 0 Å². The number of nitrogens with one attached hydrogen (secondary N) is 1. The number of carbonyl (C=O) groups is 1. The molecule has 0 spiro atoms. The fourth-order valence-corrected chi connectivity index (χ4v) is 2.80. The highest BCUT2D eigenvalue weighted by Crippen LogP contribution is 2.25. The van der Waals surface area contributed by atoms with E-state index < -0.39 is 0 Å². The van der Waals surface area contributed by atoms with Crippen LogP contribution in [0.4, 0.5) is 0 Å². The van der Waals surface area contributed by atoms with Crippen LogP contribution in [-0.4, -0.2) is 36.2 Å². The average Bonchev–Trinajstić information content (AvgIpc) is 3.00. The molecule has 2 aromatic carbocycles. The summed E-state index contributed by atoms with van der Waals surface area (Å²) in [6, 6.07) is 15.7. The third-order valence-corrected chi connectivity index (χ3v) is 4.02. The van der Waals surface area contributed by atoms with Gasteiger partial charge in [-0.3, -0.25) is 4.79 Å². The molecule has 0 fully saturated rings. The second-order valence-electron chi connectivity index (χ2n) is 5.58. The third-order valence-electron chi connectivity index (χ3n) is 4.02. The van der Waals surface area contributed by atoms with Gasteiger partial charge in [-0.05, 0) is 30.7 Å². The molecule has 1 amide bonds. The van der Waals surface area contributed by atoms with E-state index >= 15 is 0 Å². The minimum atomic E-state index is -0.0878. The molecular weight excluding hydrogens is 302 g/mol. The Labute approximate surface area is 141 Å². The van der Waals surface area contributed by atoms with Crippen molar-refractivity contribution < 1.29 is 9.53 Å². The molecule has 1 aromatic heterocycles. The maximum Gasteiger partial charge on any atom is 0.251 e. The van der Waals surface area contributed by atoms with Gasteiger partial charge in [-0.15, -0.1) is 0 Å². The van der Waals surface area contributed by atoms with Crippen LogP contribution in [0, 0.1) is 0 Å². The van der Waals surface area contributed by atoms with Gasteiger partial charge in [0, 0.05) is 38.4 Å². The van der Waals surface area contributed by atoms with E-state index in [1.54, 1.807) is 14.2 Å². The number of hydrogen-bond acceptors (Lipinski definition) is 3. The van der Waals surface area contributed by atoms with E-state index in [9.17, 15) is 4.79 Å². The first-order valence-electron chi connectivity index (χ1n) is 8.01. The van der Waals surface area contributed by atoms with Crippen LogP contribution in [-0.2, 0) is 11.3 Å². The van der Waals surface area contributed by atoms with Crippen LogP contribution < -0.4 is 5.32 Å². The van der Waals surface area contributed by atoms with Crippen molar-refractivity contribution in [3.8, 4) is 11.4 Å². The standard InChI is InChI=1S/C19H21N3O2/c1-20-19(23)15-10-8-14(9-11-15)18-21-16-6-3-4-7-17(16)22(18)12-5-13-24-2/h3-4,6-11H,5,12-13H2,1-2H3,(H,20,23). The summed E-state index contributed by atoms with van der Waals surface area (Å²) in [5, 5.41) is 2.63. The molecule has 1 heterocycles. The van der Waals surface area contributed by atoms with Gasteiger partial charge in [-0.25, -0.2) is 4.98 Å². The summed E-state index contributed by atoms with van der Waals surface area (Å²) in [6.07, 6.45) is 0.917. The number of para-hydroxylation sites is 2. The lowest BCUT2D eigenvalue weighted by Crippen LogP contribution is -2.17. The van der Waals surface area contributed by atoms with Crippen LogP contribution in [0.1, 0.15) is 16.8 Å². The van der Waals surface area contributed by atoms with Crippen molar-refractivity contribution in [3.05, 3.63) is 54.1 Å². The molecule has 124 valence electrons. The lowest BCUT2D eigenvalue weighted by Gasteiger charge is -2.09. The Morgan fingerprint density at radius 3 is 2.62 bits per heavy atom. The molecule has 0 radical (unpaired) electrons. The number of benzene rings is 2. The minimum Gasteiger partial charge on any atom is -0.385 e. The number of fused-ring (bicyclic) bond motifs is 1. The van der Waals surface area contributed by atoms with Gasteiger partial charge in [0.25, 0.3) is 5.91 Å². The highest BCUT2D eigenvalue weighted by molar-refractivity contribution is 5.94. The second-order valence-corrected chi connectivity index (χ2v) is 5.58. The van der Waals surface area contributed by atoms with Crippen LogP contribution in [0.2, 0.25) is 0 Å². The zero-order valence-corrected chi connectivity index (χ0v) is 14.0. The van der Waals surface area contributed by atoms with Crippen LogP contribution in [0.3, 0.4) is 0 Å². The number of nitrogens with zero attached hydrogens (tertiary/aromatic N) is 2. The van der Waals surface area contributed by atoms with Gasteiger partial charge in [0.1, 0.15) is 5.82 Å². The smallest absolute Gasteiger partial charge is 0.251 e. The summed E-state index contributed by atoms with van der Waals surface area (Å²) < 4.78 is 7.39. The Balaban J connectivity index is 2.01. The first-order valence-corrected chi connectivity index (χ1v) is 8.01. The van der Waals surface area contributed by atoms with Gasteiger partial charge >= 0.3 is 0 Å². The minimum absolute atomic E-state index is 0.0878. The number of aromatic nitrogens is 2. The third kappa shape index (κ3) is 3.16. The molecule has 5 heteroatoms. The number of methoxy groups -OCH3 is 1. The van der Waals surface area contributed by atoms with Crippen molar-refractivity contribution in [3.63, 3.8) is 0 Å². The van der Waals surface area contributed by atoms with E-state index in [1.165, 1.54) is 0 Å². The molecule has 5 nitrogen and oxygen atoms in total. The predicted octanol–water partition coefficient (Wildman–Crippen LogP) is 3.10. The quantitative estimate of drug-likeness (QED) is 0.709. The molecule has 0 aliphatic rings. The van der Waals surface area contributed by atoms with Crippen LogP contribution in [0.15, 0.2) is 48.5 Å². The molecule has 0 saturated carbocycles. The Morgan fingerprint density at radius 2 is 1.92 bits per heavy atom. The maximum atomic E-state index is 11.7. The molecular formula is C19H21N3O2. The fraction of sp³-hybridized carbons (Fsp3) is 0.263. The van der Waals surface area contributed by atoms with Crippen molar-refractivity contribution in [1.29, 1.82) is 0 Å². The number of rotatable bonds is 6. The monoisotopic (exact) mass is 323 g/mol. The Kier molecular flexibility index (Phi) is 4.91. The number of carbonyl (C=O) groups excluding carboxylic acids is 1. The Hall–Kier alpha value is -2.66. The molecule has 0 bridgehead atoms. The zero-order valence-electron chi connectivity index (χ0n) is 14.0. The number of imidazole rings is 1. The molecule has 3 rings (SSSR count). The number of aryl methyl sites for hydroxylation is 1. The lowest BCUT2D eigenvalue weighted by molar-refractivity contribution is 0.0963. The van der Waals surface area contributed by atoms with E-state index in [2.05, 4.69) is 16.0 Å². The molecule has 0 aliphatic carbocycles. The summed E-state index contributed by atoms with van der Waals surface area (Å²) >= 11 is 0. The van der Waals surface area contributed by atoms with Gasteiger partial charge in [-0.1, -0.05) is 24.3 Å². The molecule has 0 saturated heterocycles. The van der Waals surface area contributed by atoms with E-state index in [-0.39, 0.29) is 5.91 Å². The predicted molar refractivity (Wildman–Crippen MR) is 95.1 cm³/mol. The van der Waals surface area contributed by atoms with Gasteiger partial charge in [0.15, 0.2) is 0 Å². The molecule has 0 unspecified atom stereocenters. The fourth-order valence-electron chi connectivity index (χ4n) is 2.80. The summed E-state index contributed by atoms with van der Waals surface area (Å²) in [6.45, 7) is 1.54. The maximum absolute atomic E-state index is 11.7. The van der Waals surface area contributed by atoms with Gasteiger partial charge in [0.05, 0.1) is 11.0 Å². The highest BCUT2D eigenvalue weighted by Gasteiger charge is 2.13. The first-order chi connectivity index (χ1) is 11.7. The topological polar surface area (TPSA) is 56.2 Å². The molecule has 0 aliphatic heterocycles. The molecule has 1 N–H and O–H groups in total. The molecule has 24 heavy (non-hydrogen) atoms. The van der Waals surface area contributed by atoms with Crippen molar-refractivity contribution in [2.45, 2.75) is 13.0 Å². The summed E-state index contributed by atoms with van der Waals surface area (Å²) in [7, 11) is 3.34. The van der Waals surface area contributed by atoms with Crippen molar-refractivity contribution in [2.75, 3.05) is 20.8 Å². The van der Waals surface area contributed by atoms with Crippen molar-refractivity contribution in [1.82, 2.24) is 14.9 Å². The number of hydrogen-bond donors (Lipinski definition) is 1. The first kappa shape index (κ1) is 16.2. The highest BCUT2D eigenvalue weighted by atomic mass is 16.5. The summed E-state index contributed by atoms with van der Waals surface area (Å²) in [4.78, 5) is 16.5. The SMILES string of the molecule is CNC(=O)c1ccc(-c2nc3ccccc3n2CCCOC)cc1. The number of ether oxygens (including phenoxy) is 1. The lowest BCUT2D eigenvalue weighted by atomic mass is 10.1. The van der Waals surface area contributed by atoms with E-state index in [0.29, 0.717) is 12.2 Å². The van der Waals surface area contributed by atoms with E-state index in [0.717, 1.165) is 35.4 Å². The van der Waals surface area contributed by atoms with Gasteiger partial charge in [0.2, 0.25) is 0 Å². The molecule has 0 atom stereocenters. The van der Waals surface area contributed by atoms with Crippen LogP contribution >= 0.6 is 0 Å². The van der Waals surface area contributed by atoms with E-state index in [1.807, 2.05) is 42.5 Å². The van der Waals surface area contributed by atoms with Gasteiger partial charge < -0.3 is 14.6 Å². The second kappa shape index (κ2) is 7.27. The zero-order chi connectivity index (χ0) is 16.9. The largest absolute Gasteiger partial charge is 0.385 e. The average molecular weight is 323 g/mol. The number of amides is 1. The summed E-state index contributed by atoms with van der Waals surface area (Å²) in [5.41, 5.74) is 3.72. The van der Waals surface area contributed by atoms with Crippen LogP contribution in [0.25, 0.3) is 22.4 Å². The van der Waals surface area contributed by atoms with Crippen molar-refractivity contribution in [2.24, 2.45) is 0 Å². The Bertz CT molecular complexity index is 837. The Morgan fingerprint density at radius 1 is 1.17 bits per heavy atom.